The molecule has 0 radical (unpaired) electrons. The maximum Gasteiger partial charge on any atom is 0.130 e. The standard InChI is InChI=1S/C11H10N2O/c14-6-11(3-4-11)8-1-2-9-10(5-8)13-7-12-9/h1-2,5-7H,3-4H2,(H,12,13). The van der Waals surface area contributed by atoms with Crippen molar-refractivity contribution in [1.82, 2.24) is 9.97 Å². The van der Waals surface area contributed by atoms with Crippen LogP contribution in [0.2, 0.25) is 0 Å². The Hall–Kier alpha value is -1.64. The van der Waals surface area contributed by atoms with Crippen molar-refractivity contribution in [2.24, 2.45) is 0 Å². The lowest BCUT2D eigenvalue weighted by Crippen LogP contribution is -2.07. The van der Waals surface area contributed by atoms with E-state index in [0.717, 1.165) is 35.7 Å². The van der Waals surface area contributed by atoms with Crippen LogP contribution in [0.5, 0.6) is 0 Å². The molecule has 0 spiro atoms. The van der Waals surface area contributed by atoms with Gasteiger partial charge >= 0.3 is 0 Å². The molecule has 1 heterocycles. The zero-order chi connectivity index (χ0) is 9.60. The second-order valence-corrected chi connectivity index (χ2v) is 3.91. The first-order valence-electron chi connectivity index (χ1n) is 4.74. The lowest BCUT2D eigenvalue weighted by molar-refractivity contribution is -0.109. The fraction of sp³-hybridized carbons (Fsp3) is 0.273. The number of nitrogens with zero attached hydrogens (tertiary/aromatic N) is 1. The number of aromatic nitrogens is 2. The van der Waals surface area contributed by atoms with E-state index in [4.69, 9.17) is 0 Å². The Morgan fingerprint density at radius 2 is 2.29 bits per heavy atom. The van der Waals surface area contributed by atoms with Crippen LogP contribution in [0.4, 0.5) is 0 Å². The van der Waals surface area contributed by atoms with Gasteiger partial charge < -0.3 is 9.78 Å². The average molecular weight is 186 g/mol. The second-order valence-electron chi connectivity index (χ2n) is 3.91. The van der Waals surface area contributed by atoms with Gasteiger partial charge in [0.2, 0.25) is 0 Å². The number of carbonyl (C=O) groups is 1. The molecule has 3 heteroatoms. The van der Waals surface area contributed by atoms with Crippen LogP contribution in [-0.4, -0.2) is 16.3 Å². The molecule has 0 unspecified atom stereocenters. The van der Waals surface area contributed by atoms with Gasteiger partial charge in [0.05, 0.1) is 22.8 Å². The van der Waals surface area contributed by atoms with Crippen molar-refractivity contribution < 1.29 is 4.79 Å². The van der Waals surface area contributed by atoms with Crippen LogP contribution < -0.4 is 0 Å². The van der Waals surface area contributed by atoms with E-state index in [1.807, 2.05) is 18.2 Å². The van der Waals surface area contributed by atoms with Crippen LogP contribution in [-0.2, 0) is 10.2 Å². The van der Waals surface area contributed by atoms with Crippen molar-refractivity contribution in [1.29, 1.82) is 0 Å². The highest BCUT2D eigenvalue weighted by Crippen LogP contribution is 2.46. The number of imidazole rings is 1. The summed E-state index contributed by atoms with van der Waals surface area (Å²) < 4.78 is 0. The van der Waals surface area contributed by atoms with Gasteiger partial charge in [-0.15, -0.1) is 0 Å². The summed E-state index contributed by atoms with van der Waals surface area (Å²) in [6, 6.07) is 6.00. The van der Waals surface area contributed by atoms with Gasteiger partial charge in [0.15, 0.2) is 0 Å². The first kappa shape index (κ1) is 7.74. The minimum atomic E-state index is -0.181. The lowest BCUT2D eigenvalue weighted by Gasteiger charge is -2.06. The number of nitrogens with one attached hydrogen (secondary N) is 1. The Bertz CT molecular complexity index is 497. The van der Waals surface area contributed by atoms with Crippen LogP contribution in [0.3, 0.4) is 0 Å². The molecular formula is C11H10N2O. The summed E-state index contributed by atoms with van der Waals surface area (Å²) in [4.78, 5) is 18.1. The molecule has 3 nitrogen and oxygen atoms in total. The van der Waals surface area contributed by atoms with E-state index in [1.165, 1.54) is 0 Å². The summed E-state index contributed by atoms with van der Waals surface area (Å²) >= 11 is 0. The number of fused-ring (bicyclic) bond motifs is 1. The van der Waals surface area contributed by atoms with Crippen molar-refractivity contribution >= 4 is 17.3 Å². The predicted molar refractivity (Wildman–Crippen MR) is 53.1 cm³/mol. The van der Waals surface area contributed by atoms with Gasteiger partial charge in [-0.2, -0.15) is 0 Å². The smallest absolute Gasteiger partial charge is 0.130 e. The molecule has 2 aromatic rings. The second kappa shape index (κ2) is 2.44. The first-order valence-corrected chi connectivity index (χ1v) is 4.74. The van der Waals surface area contributed by atoms with Gasteiger partial charge in [0, 0.05) is 0 Å². The molecule has 0 amide bonds. The van der Waals surface area contributed by atoms with E-state index in [-0.39, 0.29) is 5.41 Å². The van der Waals surface area contributed by atoms with Crippen LogP contribution in [0, 0.1) is 0 Å². The number of carbonyl (C=O) groups excluding carboxylic acids is 1. The third kappa shape index (κ3) is 0.923. The molecule has 0 atom stereocenters. The van der Waals surface area contributed by atoms with Crippen LogP contribution in [0.1, 0.15) is 18.4 Å². The van der Waals surface area contributed by atoms with Crippen molar-refractivity contribution in [2.45, 2.75) is 18.3 Å². The van der Waals surface area contributed by atoms with Gasteiger partial charge in [-0.05, 0) is 30.5 Å². The van der Waals surface area contributed by atoms with Crippen LogP contribution in [0.25, 0.3) is 11.0 Å². The molecule has 0 saturated heterocycles. The van der Waals surface area contributed by atoms with Gasteiger partial charge in [-0.1, -0.05) is 6.07 Å². The largest absolute Gasteiger partial charge is 0.345 e. The maximum absolute atomic E-state index is 10.9. The maximum atomic E-state index is 10.9. The van der Waals surface area contributed by atoms with Crippen molar-refractivity contribution in [3.05, 3.63) is 30.1 Å². The minimum absolute atomic E-state index is 0.181. The molecule has 1 aliphatic rings. The summed E-state index contributed by atoms with van der Waals surface area (Å²) in [6.07, 6.45) is 4.71. The van der Waals surface area contributed by atoms with E-state index in [9.17, 15) is 4.79 Å². The quantitative estimate of drug-likeness (QED) is 0.727. The molecule has 0 aliphatic heterocycles. The van der Waals surface area contributed by atoms with E-state index >= 15 is 0 Å². The normalized spacial score (nSPS) is 18.3. The molecule has 70 valence electrons. The topological polar surface area (TPSA) is 45.8 Å². The SMILES string of the molecule is O=CC1(c2ccc3nc[nH]c3c2)CC1. The Morgan fingerprint density at radius 3 is 3.00 bits per heavy atom. The summed E-state index contributed by atoms with van der Waals surface area (Å²) in [5.41, 5.74) is 2.90. The van der Waals surface area contributed by atoms with Crippen LogP contribution >= 0.6 is 0 Å². The molecule has 1 aliphatic carbocycles. The Kier molecular flexibility index (Phi) is 1.35. The molecular weight excluding hydrogens is 176 g/mol. The number of H-pyrrole nitrogens is 1. The number of benzene rings is 1. The molecule has 1 aromatic heterocycles. The van der Waals surface area contributed by atoms with Crippen molar-refractivity contribution in [3.63, 3.8) is 0 Å². The number of aromatic amines is 1. The highest BCUT2D eigenvalue weighted by atomic mass is 16.1. The Morgan fingerprint density at radius 1 is 1.43 bits per heavy atom. The number of aldehydes is 1. The highest BCUT2D eigenvalue weighted by Gasteiger charge is 2.44. The zero-order valence-corrected chi connectivity index (χ0v) is 7.66. The van der Waals surface area contributed by atoms with Gasteiger partial charge in [-0.25, -0.2) is 4.98 Å². The Labute approximate surface area is 81.2 Å². The summed E-state index contributed by atoms with van der Waals surface area (Å²) in [7, 11) is 0. The van der Waals surface area contributed by atoms with E-state index in [1.54, 1.807) is 6.33 Å². The van der Waals surface area contributed by atoms with Gasteiger partial charge in [0.1, 0.15) is 6.29 Å². The van der Waals surface area contributed by atoms with Crippen LogP contribution in [0.15, 0.2) is 24.5 Å². The fourth-order valence-corrected chi connectivity index (χ4v) is 1.85. The Balaban J connectivity index is 2.18. The summed E-state index contributed by atoms with van der Waals surface area (Å²) in [5, 5.41) is 0. The molecule has 14 heavy (non-hydrogen) atoms. The number of hydrogen-bond donors (Lipinski definition) is 1. The number of hydrogen-bond acceptors (Lipinski definition) is 2. The third-order valence-electron chi connectivity index (χ3n) is 3.01. The average Bonchev–Trinajstić information content (AvgIpc) is 2.89. The fourth-order valence-electron chi connectivity index (χ4n) is 1.85. The molecule has 1 N–H and O–H groups in total. The van der Waals surface area contributed by atoms with Crippen molar-refractivity contribution in [3.8, 4) is 0 Å². The molecule has 1 fully saturated rings. The predicted octanol–water partition coefficient (Wildman–Crippen LogP) is 1.79. The monoisotopic (exact) mass is 186 g/mol. The lowest BCUT2D eigenvalue weighted by atomic mass is 9.97. The van der Waals surface area contributed by atoms with E-state index in [2.05, 4.69) is 9.97 Å². The third-order valence-corrected chi connectivity index (χ3v) is 3.01. The van der Waals surface area contributed by atoms with Crippen molar-refractivity contribution in [2.75, 3.05) is 0 Å². The van der Waals surface area contributed by atoms with E-state index < -0.39 is 0 Å². The molecule has 3 rings (SSSR count). The number of rotatable bonds is 2. The van der Waals surface area contributed by atoms with Gasteiger partial charge in [-0.3, -0.25) is 0 Å². The summed E-state index contributed by atoms with van der Waals surface area (Å²) in [6.45, 7) is 0. The van der Waals surface area contributed by atoms with E-state index in [0.29, 0.717) is 0 Å². The molecule has 1 saturated carbocycles. The highest BCUT2D eigenvalue weighted by molar-refractivity contribution is 5.80. The zero-order valence-electron chi connectivity index (χ0n) is 7.66. The van der Waals surface area contributed by atoms with Gasteiger partial charge in [0.25, 0.3) is 0 Å². The molecule has 0 bridgehead atoms. The first-order chi connectivity index (χ1) is 6.84. The minimum Gasteiger partial charge on any atom is -0.345 e. The molecule has 1 aromatic carbocycles. The summed E-state index contributed by atoms with van der Waals surface area (Å²) in [5.74, 6) is 0.